The van der Waals surface area contributed by atoms with Crippen LogP contribution in [0.1, 0.15) is 25.7 Å². The van der Waals surface area contributed by atoms with E-state index in [-0.39, 0.29) is 11.8 Å². The lowest BCUT2D eigenvalue weighted by Crippen LogP contribution is -2.27. The maximum Gasteiger partial charge on any atom is 0.227 e. The molecule has 4 heteroatoms. The number of methoxy groups -OCH3 is 1. The number of para-hydroxylation sites is 2. The normalized spacial score (nSPS) is 26.8. The third-order valence-electron chi connectivity index (χ3n) is 4.88. The molecule has 1 aromatic carbocycles. The number of ether oxygens (including phenoxy) is 1. The van der Waals surface area contributed by atoms with E-state index in [0.29, 0.717) is 12.5 Å². The van der Waals surface area contributed by atoms with E-state index in [0.717, 1.165) is 30.3 Å². The van der Waals surface area contributed by atoms with Gasteiger partial charge in [0, 0.05) is 19.6 Å². The van der Waals surface area contributed by atoms with E-state index < -0.39 is 0 Å². The lowest BCUT2D eigenvalue weighted by atomic mass is 9.88. The summed E-state index contributed by atoms with van der Waals surface area (Å²) < 4.78 is 5.05. The molecule has 0 spiro atoms. The number of amides is 1. The van der Waals surface area contributed by atoms with Crippen molar-refractivity contribution >= 4 is 17.3 Å². The molecule has 0 saturated heterocycles. The van der Waals surface area contributed by atoms with Crippen molar-refractivity contribution in [2.75, 3.05) is 30.9 Å². The van der Waals surface area contributed by atoms with Crippen molar-refractivity contribution in [3.05, 3.63) is 24.3 Å². The Kier molecular flexibility index (Phi) is 4.44. The van der Waals surface area contributed by atoms with Crippen molar-refractivity contribution in [1.29, 1.82) is 0 Å². The number of rotatable bonds is 6. The highest BCUT2D eigenvalue weighted by Crippen LogP contribution is 2.48. The highest BCUT2D eigenvalue weighted by Gasteiger charge is 2.43. The van der Waals surface area contributed by atoms with Crippen LogP contribution in [0.2, 0.25) is 0 Å². The summed E-state index contributed by atoms with van der Waals surface area (Å²) in [5.41, 5.74) is 1.84. The van der Waals surface area contributed by atoms with E-state index >= 15 is 0 Å². The number of anilines is 2. The maximum absolute atomic E-state index is 12.5. The molecular formula is C17H24N2O2. The van der Waals surface area contributed by atoms with Gasteiger partial charge in [0.1, 0.15) is 0 Å². The highest BCUT2D eigenvalue weighted by atomic mass is 16.5. The van der Waals surface area contributed by atoms with Gasteiger partial charge in [-0.3, -0.25) is 4.79 Å². The van der Waals surface area contributed by atoms with Crippen LogP contribution in [0.3, 0.4) is 0 Å². The Hall–Kier alpha value is -1.55. The van der Waals surface area contributed by atoms with Gasteiger partial charge >= 0.3 is 0 Å². The summed E-state index contributed by atoms with van der Waals surface area (Å²) in [4.78, 5) is 12.5. The Labute approximate surface area is 126 Å². The SMILES string of the molecule is COCCNc1ccccc1NC(=O)[C@@H]1C[C@H]2CC[C@H]1C2. The minimum Gasteiger partial charge on any atom is -0.383 e. The molecule has 1 amide bonds. The van der Waals surface area contributed by atoms with E-state index in [1.165, 1.54) is 19.3 Å². The topological polar surface area (TPSA) is 50.4 Å². The number of hydrogen-bond donors (Lipinski definition) is 2. The van der Waals surface area contributed by atoms with Crippen molar-refractivity contribution in [1.82, 2.24) is 0 Å². The molecule has 2 aliphatic carbocycles. The summed E-state index contributed by atoms with van der Waals surface area (Å²) in [6, 6.07) is 7.88. The fraction of sp³-hybridized carbons (Fsp3) is 0.588. The molecule has 0 aromatic heterocycles. The number of carbonyl (C=O) groups excluding carboxylic acids is 1. The van der Waals surface area contributed by atoms with Crippen molar-refractivity contribution in [2.24, 2.45) is 17.8 Å². The number of benzene rings is 1. The van der Waals surface area contributed by atoms with Crippen molar-refractivity contribution in [3.8, 4) is 0 Å². The molecule has 2 fully saturated rings. The summed E-state index contributed by atoms with van der Waals surface area (Å²) in [5, 5.41) is 6.43. The smallest absolute Gasteiger partial charge is 0.227 e. The zero-order valence-electron chi connectivity index (χ0n) is 12.6. The van der Waals surface area contributed by atoms with E-state index in [1.54, 1.807) is 7.11 Å². The van der Waals surface area contributed by atoms with Gasteiger partial charge in [-0.15, -0.1) is 0 Å². The molecule has 3 atom stereocenters. The minimum atomic E-state index is 0.197. The molecule has 2 bridgehead atoms. The molecule has 4 nitrogen and oxygen atoms in total. The van der Waals surface area contributed by atoms with Gasteiger partial charge in [0.15, 0.2) is 0 Å². The van der Waals surface area contributed by atoms with Gasteiger partial charge in [-0.05, 0) is 43.2 Å². The van der Waals surface area contributed by atoms with E-state index in [4.69, 9.17) is 4.74 Å². The molecule has 21 heavy (non-hydrogen) atoms. The third-order valence-corrected chi connectivity index (χ3v) is 4.88. The van der Waals surface area contributed by atoms with Crippen LogP contribution in [-0.4, -0.2) is 26.2 Å². The van der Waals surface area contributed by atoms with Gasteiger partial charge in [-0.1, -0.05) is 18.6 Å². The van der Waals surface area contributed by atoms with Crippen LogP contribution in [-0.2, 0) is 9.53 Å². The van der Waals surface area contributed by atoms with E-state index in [9.17, 15) is 4.79 Å². The molecule has 0 unspecified atom stereocenters. The summed E-state index contributed by atoms with van der Waals surface area (Å²) >= 11 is 0. The van der Waals surface area contributed by atoms with Crippen LogP contribution < -0.4 is 10.6 Å². The standard InChI is InChI=1S/C17H24N2O2/c1-21-9-8-18-15-4-2-3-5-16(15)19-17(20)14-11-12-6-7-13(14)10-12/h2-5,12-14,18H,6-11H2,1H3,(H,19,20)/t12-,13-,14+/m0/s1. The summed E-state index contributed by atoms with van der Waals surface area (Å²) in [7, 11) is 1.69. The number of fused-ring (bicyclic) bond motifs is 2. The molecule has 3 rings (SSSR count). The maximum atomic E-state index is 12.5. The zero-order chi connectivity index (χ0) is 14.7. The van der Waals surface area contributed by atoms with Gasteiger partial charge in [0.25, 0.3) is 0 Å². The first-order valence-corrected chi connectivity index (χ1v) is 7.90. The number of nitrogens with one attached hydrogen (secondary N) is 2. The average Bonchev–Trinajstić information content (AvgIpc) is 3.12. The molecule has 2 N–H and O–H groups in total. The first-order valence-electron chi connectivity index (χ1n) is 7.90. The average molecular weight is 288 g/mol. The Morgan fingerprint density at radius 2 is 2.05 bits per heavy atom. The number of carbonyl (C=O) groups is 1. The predicted molar refractivity (Wildman–Crippen MR) is 84.4 cm³/mol. The Bertz CT molecular complexity index is 503. The van der Waals surface area contributed by atoms with Gasteiger partial charge < -0.3 is 15.4 Å². The number of hydrogen-bond acceptors (Lipinski definition) is 3. The largest absolute Gasteiger partial charge is 0.383 e. The van der Waals surface area contributed by atoms with Gasteiger partial charge in [-0.25, -0.2) is 0 Å². The fourth-order valence-electron chi connectivity index (χ4n) is 3.83. The second-order valence-corrected chi connectivity index (χ2v) is 6.24. The van der Waals surface area contributed by atoms with Crippen molar-refractivity contribution in [2.45, 2.75) is 25.7 Å². The van der Waals surface area contributed by atoms with Crippen LogP contribution in [0.15, 0.2) is 24.3 Å². The van der Waals surface area contributed by atoms with Gasteiger partial charge in [0.05, 0.1) is 18.0 Å². The predicted octanol–water partition coefficient (Wildman–Crippen LogP) is 3.12. The minimum absolute atomic E-state index is 0.197. The third kappa shape index (κ3) is 3.21. The van der Waals surface area contributed by atoms with Crippen LogP contribution in [0.5, 0.6) is 0 Å². The monoisotopic (exact) mass is 288 g/mol. The molecule has 0 aliphatic heterocycles. The summed E-state index contributed by atoms with van der Waals surface area (Å²) in [6.07, 6.45) is 4.89. The van der Waals surface area contributed by atoms with Crippen LogP contribution >= 0.6 is 0 Å². The van der Waals surface area contributed by atoms with E-state index in [1.807, 2.05) is 24.3 Å². The van der Waals surface area contributed by atoms with Crippen LogP contribution in [0, 0.1) is 17.8 Å². The quantitative estimate of drug-likeness (QED) is 0.791. The Balaban J connectivity index is 1.62. The van der Waals surface area contributed by atoms with Crippen LogP contribution in [0.4, 0.5) is 11.4 Å². The molecule has 2 saturated carbocycles. The molecular weight excluding hydrogens is 264 g/mol. The Morgan fingerprint density at radius 1 is 1.24 bits per heavy atom. The van der Waals surface area contributed by atoms with Gasteiger partial charge in [0.2, 0.25) is 5.91 Å². The molecule has 0 heterocycles. The van der Waals surface area contributed by atoms with Crippen molar-refractivity contribution < 1.29 is 9.53 Å². The highest BCUT2D eigenvalue weighted by molar-refractivity contribution is 5.96. The Morgan fingerprint density at radius 3 is 2.71 bits per heavy atom. The van der Waals surface area contributed by atoms with E-state index in [2.05, 4.69) is 10.6 Å². The van der Waals surface area contributed by atoms with Gasteiger partial charge in [-0.2, -0.15) is 0 Å². The lowest BCUT2D eigenvalue weighted by Gasteiger charge is -2.21. The first-order chi connectivity index (χ1) is 10.3. The second-order valence-electron chi connectivity index (χ2n) is 6.24. The summed E-state index contributed by atoms with van der Waals surface area (Å²) in [6.45, 7) is 1.38. The zero-order valence-corrected chi connectivity index (χ0v) is 12.6. The molecule has 2 aliphatic rings. The van der Waals surface area contributed by atoms with Crippen LogP contribution in [0.25, 0.3) is 0 Å². The fourth-order valence-corrected chi connectivity index (χ4v) is 3.83. The summed E-state index contributed by atoms with van der Waals surface area (Å²) in [5.74, 6) is 1.82. The second kappa shape index (κ2) is 6.48. The lowest BCUT2D eigenvalue weighted by molar-refractivity contribution is -0.121. The molecule has 1 aromatic rings. The molecule has 114 valence electrons. The molecule has 0 radical (unpaired) electrons. The van der Waals surface area contributed by atoms with Crippen molar-refractivity contribution in [3.63, 3.8) is 0 Å². The first kappa shape index (κ1) is 14.4.